The molecule has 1 aliphatic heterocycles. The lowest BCUT2D eigenvalue weighted by molar-refractivity contribution is -0.159. The number of allylic oxidation sites excluding steroid dienone is 8. The molecule has 1 aliphatic rings. The molecule has 71 heavy (non-hydrogen) atoms. The number of carbonyl (C=O) groups excluding carboxylic acids is 2. The minimum absolute atomic E-state index is 0.148. The van der Waals surface area contributed by atoms with Gasteiger partial charge in [-0.05, 0) is 167 Å². The molecule has 0 saturated carbocycles. The summed E-state index contributed by atoms with van der Waals surface area (Å²) in [5.41, 5.74) is 0. The van der Waals surface area contributed by atoms with Crippen LogP contribution in [0.5, 0.6) is 0 Å². The molecule has 0 amide bonds. The molecule has 1 unspecified atom stereocenters. The molecule has 1 atom stereocenters. The SMILES string of the molecule is CC/C=C\CCCCOC(CCC(=O)OCCCCCCCN(CCCCCCCOC(=O)CCC(OCCCC/C=C\CC)OCCCC/C=C\CC)CC1CCCN1CC)OCCCC/C=C\CC. The quantitative estimate of drug-likeness (QED) is 0.0254. The minimum atomic E-state index is -0.352. The molecule has 1 fully saturated rings. The predicted octanol–water partition coefficient (Wildman–Crippen LogP) is 15.6. The summed E-state index contributed by atoms with van der Waals surface area (Å²) >= 11 is 0. The third-order valence-corrected chi connectivity index (χ3v) is 13.2. The van der Waals surface area contributed by atoms with Gasteiger partial charge in [-0.25, -0.2) is 0 Å². The van der Waals surface area contributed by atoms with Crippen LogP contribution in [0.15, 0.2) is 48.6 Å². The molecule has 0 aromatic heterocycles. The van der Waals surface area contributed by atoms with Crippen LogP contribution >= 0.6 is 0 Å². The van der Waals surface area contributed by atoms with Crippen molar-refractivity contribution in [2.75, 3.05) is 72.4 Å². The number of esters is 2. The van der Waals surface area contributed by atoms with Crippen LogP contribution in [0.25, 0.3) is 0 Å². The molecule has 0 aromatic carbocycles. The van der Waals surface area contributed by atoms with Crippen molar-refractivity contribution in [1.82, 2.24) is 9.80 Å². The van der Waals surface area contributed by atoms with Crippen LogP contribution in [0.3, 0.4) is 0 Å². The zero-order valence-electron chi connectivity index (χ0n) is 46.9. The van der Waals surface area contributed by atoms with Gasteiger partial charge in [0, 0.05) is 51.9 Å². The average molecular weight is 1000 g/mol. The Hall–Kier alpha value is -2.34. The van der Waals surface area contributed by atoms with E-state index >= 15 is 0 Å². The Morgan fingerprint density at radius 3 is 1.18 bits per heavy atom. The molecule has 0 aromatic rings. The first-order valence-corrected chi connectivity index (χ1v) is 29.8. The Bertz CT molecular complexity index is 1160. The zero-order valence-corrected chi connectivity index (χ0v) is 46.9. The maximum Gasteiger partial charge on any atom is 0.305 e. The summed E-state index contributed by atoms with van der Waals surface area (Å²) in [4.78, 5) is 30.7. The third-order valence-electron chi connectivity index (χ3n) is 13.2. The van der Waals surface area contributed by atoms with Gasteiger partial charge in [0.05, 0.1) is 26.1 Å². The molecule has 0 spiro atoms. The fraction of sp³-hybridized carbons (Fsp3) is 0.836. The van der Waals surface area contributed by atoms with Crippen molar-refractivity contribution >= 4 is 11.9 Å². The monoisotopic (exact) mass is 1000 g/mol. The highest BCUT2D eigenvalue weighted by atomic mass is 16.7. The van der Waals surface area contributed by atoms with Gasteiger partial charge in [-0.3, -0.25) is 14.5 Å². The molecule has 0 aliphatic carbocycles. The molecule has 0 N–H and O–H groups in total. The molecule has 10 nitrogen and oxygen atoms in total. The number of hydrogen-bond donors (Lipinski definition) is 0. The van der Waals surface area contributed by atoms with E-state index in [0.717, 1.165) is 148 Å². The summed E-state index contributed by atoms with van der Waals surface area (Å²) in [5, 5.41) is 0. The number of carbonyl (C=O) groups is 2. The van der Waals surface area contributed by atoms with Crippen LogP contribution < -0.4 is 0 Å². The zero-order chi connectivity index (χ0) is 51.3. The van der Waals surface area contributed by atoms with E-state index in [1.165, 1.54) is 64.5 Å². The standard InChI is InChI=1S/C61H112N2O8/c1-6-11-15-19-27-37-52-68-60(69-53-38-28-20-16-12-7-2)45-43-58(64)66-50-35-31-23-25-33-47-62(56-57-42-41-49-63(57)10-5)48-34-26-24-32-36-51-67-59(65)44-46-61(70-54-39-29-21-17-13-8-3)71-55-40-30-22-18-14-9-4/h11-18,57,60-61H,6-10,19-56H2,1-5H3/b15-11-,16-12-,17-13-,18-14-. The van der Waals surface area contributed by atoms with E-state index in [9.17, 15) is 9.59 Å². The summed E-state index contributed by atoms with van der Waals surface area (Å²) in [7, 11) is 0. The Morgan fingerprint density at radius 1 is 0.465 bits per heavy atom. The Balaban J connectivity index is 2.34. The second-order valence-corrected chi connectivity index (χ2v) is 19.6. The smallest absolute Gasteiger partial charge is 0.305 e. The number of rotatable bonds is 53. The van der Waals surface area contributed by atoms with Crippen LogP contribution in [-0.2, 0) is 38.0 Å². The van der Waals surface area contributed by atoms with Crippen molar-refractivity contribution < 1.29 is 38.0 Å². The van der Waals surface area contributed by atoms with E-state index in [4.69, 9.17) is 28.4 Å². The molecular weight excluding hydrogens is 889 g/mol. The van der Waals surface area contributed by atoms with Gasteiger partial charge < -0.3 is 33.3 Å². The predicted molar refractivity (Wildman–Crippen MR) is 298 cm³/mol. The van der Waals surface area contributed by atoms with Crippen molar-refractivity contribution in [2.24, 2.45) is 0 Å². The minimum Gasteiger partial charge on any atom is -0.466 e. The van der Waals surface area contributed by atoms with Gasteiger partial charge in [0.2, 0.25) is 0 Å². The molecule has 1 saturated heterocycles. The number of unbranched alkanes of at least 4 members (excludes halogenated alkanes) is 16. The van der Waals surface area contributed by atoms with E-state index in [0.29, 0.717) is 71.4 Å². The summed E-state index contributed by atoms with van der Waals surface area (Å²) in [6.45, 7) is 20.4. The first-order valence-electron chi connectivity index (χ1n) is 29.8. The highest BCUT2D eigenvalue weighted by molar-refractivity contribution is 5.69. The Kier molecular flexibility index (Phi) is 49.3. The van der Waals surface area contributed by atoms with Crippen molar-refractivity contribution in [3.05, 3.63) is 48.6 Å². The lowest BCUT2D eigenvalue weighted by Gasteiger charge is -2.30. The van der Waals surface area contributed by atoms with E-state index in [2.05, 4.69) is 93.0 Å². The molecule has 1 rings (SSSR count). The van der Waals surface area contributed by atoms with Crippen molar-refractivity contribution in [2.45, 2.75) is 259 Å². The summed E-state index contributed by atoms with van der Waals surface area (Å²) in [5.74, 6) is -0.297. The van der Waals surface area contributed by atoms with Gasteiger partial charge in [-0.2, -0.15) is 0 Å². The second-order valence-electron chi connectivity index (χ2n) is 19.6. The van der Waals surface area contributed by atoms with Crippen LogP contribution in [0.1, 0.15) is 240 Å². The maximum absolute atomic E-state index is 12.7. The molecule has 0 bridgehead atoms. The van der Waals surface area contributed by atoms with Gasteiger partial charge in [0.25, 0.3) is 0 Å². The van der Waals surface area contributed by atoms with Crippen molar-refractivity contribution in [1.29, 1.82) is 0 Å². The van der Waals surface area contributed by atoms with Gasteiger partial charge >= 0.3 is 11.9 Å². The normalized spacial score (nSPS) is 14.7. The highest BCUT2D eigenvalue weighted by Gasteiger charge is 2.25. The fourth-order valence-corrected chi connectivity index (χ4v) is 8.92. The average Bonchev–Trinajstić information content (AvgIpc) is 3.83. The molecule has 414 valence electrons. The number of ether oxygens (including phenoxy) is 6. The van der Waals surface area contributed by atoms with E-state index < -0.39 is 0 Å². The first kappa shape index (κ1) is 66.7. The molecule has 0 radical (unpaired) electrons. The second kappa shape index (κ2) is 52.5. The molecular formula is C61H112N2O8. The number of likely N-dealkylation sites (N-methyl/N-ethyl adjacent to an activating group) is 1. The fourth-order valence-electron chi connectivity index (χ4n) is 8.92. The molecule has 1 heterocycles. The maximum atomic E-state index is 12.7. The topological polar surface area (TPSA) is 96.0 Å². The number of nitrogens with zero attached hydrogens (tertiary/aromatic N) is 2. The van der Waals surface area contributed by atoms with Gasteiger partial charge in [0.15, 0.2) is 12.6 Å². The first-order chi connectivity index (χ1) is 35.0. The van der Waals surface area contributed by atoms with Crippen LogP contribution in [0, 0.1) is 0 Å². The van der Waals surface area contributed by atoms with E-state index in [1.807, 2.05) is 0 Å². The summed E-state index contributed by atoms with van der Waals surface area (Å²) in [6.07, 6.45) is 49.7. The number of hydrogen-bond acceptors (Lipinski definition) is 10. The lowest BCUT2D eigenvalue weighted by Crippen LogP contribution is -2.41. The van der Waals surface area contributed by atoms with Crippen LogP contribution in [0.2, 0.25) is 0 Å². The summed E-state index contributed by atoms with van der Waals surface area (Å²) in [6, 6.07) is 0.679. The van der Waals surface area contributed by atoms with Gasteiger partial charge in [-0.15, -0.1) is 0 Å². The molecule has 10 heteroatoms. The largest absolute Gasteiger partial charge is 0.466 e. The van der Waals surface area contributed by atoms with Crippen molar-refractivity contribution in [3.8, 4) is 0 Å². The van der Waals surface area contributed by atoms with Gasteiger partial charge in [0.1, 0.15) is 0 Å². The van der Waals surface area contributed by atoms with Crippen LogP contribution in [-0.4, -0.2) is 113 Å². The van der Waals surface area contributed by atoms with Crippen LogP contribution in [0.4, 0.5) is 0 Å². The Labute approximate surface area is 437 Å². The Morgan fingerprint density at radius 2 is 0.817 bits per heavy atom. The van der Waals surface area contributed by atoms with E-state index in [-0.39, 0.29) is 24.5 Å². The lowest BCUT2D eigenvalue weighted by atomic mass is 10.1. The van der Waals surface area contributed by atoms with E-state index in [1.54, 1.807) is 0 Å². The van der Waals surface area contributed by atoms with Gasteiger partial charge in [-0.1, -0.05) is 122 Å². The van der Waals surface area contributed by atoms with Crippen molar-refractivity contribution in [3.63, 3.8) is 0 Å². The summed E-state index contributed by atoms with van der Waals surface area (Å²) < 4.78 is 35.7. The highest BCUT2D eigenvalue weighted by Crippen LogP contribution is 2.19. The number of likely N-dealkylation sites (tertiary alicyclic amines) is 1. The third kappa shape index (κ3) is 43.7.